The Morgan fingerprint density at radius 2 is 1.69 bits per heavy atom. The number of halogens is 1. The van der Waals surface area contributed by atoms with E-state index in [0.29, 0.717) is 32.6 Å². The van der Waals surface area contributed by atoms with Crippen LogP contribution >= 0.6 is 15.9 Å². The number of methoxy groups -OCH3 is 1. The molecule has 0 unspecified atom stereocenters. The third-order valence-electron chi connectivity index (χ3n) is 4.68. The summed E-state index contributed by atoms with van der Waals surface area (Å²) < 4.78 is 11.4. The summed E-state index contributed by atoms with van der Waals surface area (Å²) >= 11 is 3.32. The molecule has 35 heavy (non-hydrogen) atoms. The average molecular weight is 535 g/mol. The number of amides is 2. The van der Waals surface area contributed by atoms with Gasteiger partial charge in [0.15, 0.2) is 11.5 Å². The van der Waals surface area contributed by atoms with Gasteiger partial charge >= 0.3 is 17.8 Å². The van der Waals surface area contributed by atoms with Gasteiger partial charge in [-0.15, -0.1) is 0 Å². The van der Waals surface area contributed by atoms with E-state index in [1.807, 2.05) is 6.07 Å². The van der Waals surface area contributed by atoms with Gasteiger partial charge in [-0.2, -0.15) is 10.4 Å². The summed E-state index contributed by atoms with van der Waals surface area (Å²) in [5.41, 5.74) is 4.29. The molecule has 0 atom stereocenters. The average Bonchev–Trinajstić information content (AvgIpc) is 2.87. The fourth-order valence-electron chi connectivity index (χ4n) is 2.82. The van der Waals surface area contributed by atoms with Gasteiger partial charge in [-0.1, -0.05) is 12.1 Å². The van der Waals surface area contributed by atoms with Crippen molar-refractivity contribution in [2.75, 3.05) is 12.4 Å². The molecule has 2 N–H and O–H groups in total. The number of carbonyl (C=O) groups is 3. The van der Waals surface area contributed by atoms with Gasteiger partial charge < -0.3 is 14.8 Å². The molecule has 0 aromatic heterocycles. The maximum absolute atomic E-state index is 12.5. The lowest BCUT2D eigenvalue weighted by atomic mass is 10.1. The highest BCUT2D eigenvalue weighted by molar-refractivity contribution is 9.10. The molecule has 176 valence electrons. The van der Waals surface area contributed by atoms with Crippen molar-refractivity contribution in [3.8, 4) is 17.6 Å². The van der Waals surface area contributed by atoms with Crippen LogP contribution in [0.5, 0.6) is 11.5 Å². The lowest BCUT2D eigenvalue weighted by Gasteiger charge is -2.12. The van der Waals surface area contributed by atoms with Crippen LogP contribution in [0.25, 0.3) is 0 Å². The summed E-state index contributed by atoms with van der Waals surface area (Å²) in [5, 5.41) is 15.2. The van der Waals surface area contributed by atoms with Crippen molar-refractivity contribution in [1.29, 1.82) is 5.26 Å². The summed E-state index contributed by atoms with van der Waals surface area (Å²) in [6.07, 6.45) is 0. The Kier molecular flexibility index (Phi) is 8.32. The Bertz CT molecular complexity index is 1350. The Labute approximate surface area is 209 Å². The highest BCUT2D eigenvalue weighted by atomic mass is 79.9. The largest absolute Gasteiger partial charge is 0.493 e. The number of hydrogen-bond donors (Lipinski definition) is 2. The van der Waals surface area contributed by atoms with Crippen molar-refractivity contribution in [1.82, 2.24) is 5.43 Å². The van der Waals surface area contributed by atoms with Crippen LogP contribution in [0.2, 0.25) is 0 Å². The number of anilines is 1. The van der Waals surface area contributed by atoms with E-state index < -0.39 is 17.8 Å². The van der Waals surface area contributed by atoms with Crippen molar-refractivity contribution in [2.45, 2.75) is 6.92 Å². The highest BCUT2D eigenvalue weighted by Crippen LogP contribution is 2.30. The molecule has 0 radical (unpaired) electrons. The normalized spacial score (nSPS) is 10.6. The highest BCUT2D eigenvalue weighted by Gasteiger charge is 2.17. The second-order valence-corrected chi connectivity index (χ2v) is 7.87. The van der Waals surface area contributed by atoms with E-state index in [0.717, 1.165) is 0 Å². The zero-order valence-corrected chi connectivity index (χ0v) is 20.3. The first-order valence-corrected chi connectivity index (χ1v) is 10.9. The van der Waals surface area contributed by atoms with E-state index in [1.54, 1.807) is 49.4 Å². The zero-order valence-electron chi connectivity index (χ0n) is 18.7. The van der Waals surface area contributed by atoms with E-state index >= 15 is 0 Å². The predicted octanol–water partition coefficient (Wildman–Crippen LogP) is 4.03. The van der Waals surface area contributed by atoms with Crippen molar-refractivity contribution in [3.05, 3.63) is 87.9 Å². The Morgan fingerprint density at radius 3 is 2.34 bits per heavy atom. The fraction of sp³-hybridized carbons (Fsp3) is 0.0800. The van der Waals surface area contributed by atoms with Crippen molar-refractivity contribution in [3.63, 3.8) is 0 Å². The third-order valence-corrected chi connectivity index (χ3v) is 5.37. The molecule has 9 nitrogen and oxygen atoms in total. The number of ether oxygens (including phenoxy) is 2. The van der Waals surface area contributed by atoms with Crippen molar-refractivity contribution < 1.29 is 23.9 Å². The summed E-state index contributed by atoms with van der Waals surface area (Å²) in [6, 6.07) is 19.6. The molecule has 0 saturated carbocycles. The minimum absolute atomic E-state index is 0.204. The molecule has 3 rings (SSSR count). The van der Waals surface area contributed by atoms with E-state index in [9.17, 15) is 14.4 Å². The maximum atomic E-state index is 12.5. The number of hydrogen-bond acceptors (Lipinski definition) is 7. The smallest absolute Gasteiger partial charge is 0.344 e. The molecule has 0 saturated heterocycles. The lowest BCUT2D eigenvalue weighted by Crippen LogP contribution is -2.32. The molecule has 0 fully saturated rings. The first kappa shape index (κ1) is 25.1. The number of carbonyl (C=O) groups excluding carboxylic acids is 3. The minimum atomic E-state index is -0.973. The first-order chi connectivity index (χ1) is 16.8. The van der Waals surface area contributed by atoms with E-state index in [4.69, 9.17) is 14.7 Å². The molecule has 0 heterocycles. The molecule has 0 spiro atoms. The SMILES string of the molecule is COc1cc(/C(C)=N/NC(=O)C(=O)Nc2ccc(C#N)cc2)ccc1OC(=O)c1ccccc1Br. The molecule has 3 aromatic rings. The van der Waals surface area contributed by atoms with E-state index in [1.165, 1.54) is 31.4 Å². The van der Waals surface area contributed by atoms with Gasteiger partial charge in [0.25, 0.3) is 0 Å². The summed E-state index contributed by atoms with van der Waals surface area (Å²) in [4.78, 5) is 36.7. The maximum Gasteiger partial charge on any atom is 0.344 e. The lowest BCUT2D eigenvalue weighted by molar-refractivity contribution is -0.136. The topological polar surface area (TPSA) is 130 Å². The minimum Gasteiger partial charge on any atom is -0.493 e. The Hall–Kier alpha value is -4.49. The van der Waals surface area contributed by atoms with Crippen LogP contribution in [0.3, 0.4) is 0 Å². The molecule has 0 aliphatic rings. The first-order valence-electron chi connectivity index (χ1n) is 10.1. The zero-order chi connectivity index (χ0) is 25.4. The van der Waals surface area contributed by atoms with Crippen LogP contribution in [-0.2, 0) is 9.59 Å². The summed E-state index contributed by atoms with van der Waals surface area (Å²) in [7, 11) is 1.43. The van der Waals surface area contributed by atoms with Gasteiger partial charge in [0.1, 0.15) is 0 Å². The number of nitrogens with zero attached hydrogens (tertiary/aromatic N) is 2. The van der Waals surface area contributed by atoms with Crippen LogP contribution in [0.4, 0.5) is 5.69 Å². The van der Waals surface area contributed by atoms with Gasteiger partial charge in [0.2, 0.25) is 0 Å². The van der Waals surface area contributed by atoms with Crippen molar-refractivity contribution in [2.24, 2.45) is 5.10 Å². The molecular formula is C25H19BrN4O5. The Balaban J connectivity index is 1.66. The standard InChI is InChI=1S/C25H19BrN4O5/c1-15(29-30-24(32)23(31)28-18-10-7-16(14-27)8-11-18)17-9-12-21(22(13-17)34-2)35-25(33)19-5-3-4-6-20(19)26/h3-13H,1-2H3,(H,28,31)(H,30,32)/b29-15+. The van der Waals surface area contributed by atoms with Gasteiger partial charge in [0, 0.05) is 15.7 Å². The number of esters is 1. The second kappa shape index (κ2) is 11.6. The molecular weight excluding hydrogens is 516 g/mol. The van der Waals surface area contributed by atoms with Gasteiger partial charge in [-0.25, -0.2) is 10.2 Å². The van der Waals surface area contributed by atoms with Crippen LogP contribution in [0.1, 0.15) is 28.4 Å². The molecule has 0 bridgehead atoms. The van der Waals surface area contributed by atoms with E-state index in [2.05, 4.69) is 31.8 Å². The molecule has 0 aliphatic carbocycles. The van der Waals surface area contributed by atoms with Gasteiger partial charge in [-0.05, 0) is 77.5 Å². The molecule has 10 heteroatoms. The monoisotopic (exact) mass is 534 g/mol. The predicted molar refractivity (Wildman–Crippen MR) is 132 cm³/mol. The Morgan fingerprint density at radius 1 is 0.971 bits per heavy atom. The second-order valence-electron chi connectivity index (χ2n) is 7.02. The third kappa shape index (κ3) is 6.52. The van der Waals surface area contributed by atoms with Crippen LogP contribution < -0.4 is 20.2 Å². The number of rotatable bonds is 6. The van der Waals surface area contributed by atoms with Gasteiger partial charge in [-0.3, -0.25) is 9.59 Å². The number of nitriles is 1. The summed E-state index contributed by atoms with van der Waals surface area (Å²) in [6.45, 7) is 1.63. The number of hydrazone groups is 1. The van der Waals surface area contributed by atoms with Crippen LogP contribution in [0, 0.1) is 11.3 Å². The molecule has 3 aromatic carbocycles. The van der Waals surface area contributed by atoms with Crippen LogP contribution in [0.15, 0.2) is 76.3 Å². The quantitative estimate of drug-likeness (QED) is 0.161. The van der Waals surface area contributed by atoms with E-state index in [-0.39, 0.29) is 11.5 Å². The number of nitrogens with one attached hydrogen (secondary N) is 2. The fourth-order valence-corrected chi connectivity index (χ4v) is 3.27. The van der Waals surface area contributed by atoms with Crippen LogP contribution in [-0.4, -0.2) is 30.6 Å². The molecule has 0 aliphatic heterocycles. The summed E-state index contributed by atoms with van der Waals surface area (Å²) in [5.74, 6) is -1.97. The molecule has 2 amide bonds. The van der Waals surface area contributed by atoms with Gasteiger partial charge in [0.05, 0.1) is 30.0 Å². The van der Waals surface area contributed by atoms with Crippen molar-refractivity contribution >= 4 is 45.1 Å². The number of benzene rings is 3.